The van der Waals surface area contributed by atoms with Gasteiger partial charge in [0, 0.05) is 24.0 Å². The molecule has 5 rings (SSSR count). The van der Waals surface area contributed by atoms with E-state index in [0.29, 0.717) is 10.6 Å². The molecule has 3 aromatic heterocycles. The van der Waals surface area contributed by atoms with Gasteiger partial charge in [0.05, 0.1) is 33.8 Å². The Bertz CT molecular complexity index is 1510. The molecular formula is C31H37FN4O5S. The monoisotopic (exact) mass is 596 g/mol. The maximum Gasteiger partial charge on any atom is 0.417 e. The molecule has 224 valence electrons. The number of imide groups is 1. The fourth-order valence-electron chi connectivity index (χ4n) is 5.51. The van der Waals surface area contributed by atoms with E-state index >= 15 is 4.39 Å². The van der Waals surface area contributed by atoms with Crippen LogP contribution in [0.3, 0.4) is 0 Å². The summed E-state index contributed by atoms with van der Waals surface area (Å²) in [7, 11) is 0. The van der Waals surface area contributed by atoms with Crippen molar-refractivity contribution in [2.24, 2.45) is 5.92 Å². The topological polar surface area (TPSA) is 111 Å². The molecule has 2 atom stereocenters. The van der Waals surface area contributed by atoms with Gasteiger partial charge in [-0.1, -0.05) is 12.8 Å². The van der Waals surface area contributed by atoms with Crippen LogP contribution in [-0.2, 0) is 20.8 Å². The number of esters is 1. The molecule has 1 aliphatic heterocycles. The number of nitrogens with zero attached hydrogens (tertiary/aromatic N) is 3. The molecule has 0 aromatic carbocycles. The van der Waals surface area contributed by atoms with E-state index in [0.717, 1.165) is 40.7 Å². The molecule has 4 heterocycles. The highest BCUT2D eigenvalue weighted by molar-refractivity contribution is 7.22. The van der Waals surface area contributed by atoms with Crippen LogP contribution in [0.2, 0.25) is 0 Å². The number of ether oxygens (including phenoxy) is 2. The maximum absolute atomic E-state index is 16.2. The van der Waals surface area contributed by atoms with Crippen LogP contribution >= 0.6 is 11.3 Å². The Morgan fingerprint density at radius 1 is 1.12 bits per heavy atom. The minimum Gasteiger partial charge on any atom is -0.460 e. The first-order valence-corrected chi connectivity index (χ1v) is 15.1. The molecule has 2 amide bonds. The Kier molecular flexibility index (Phi) is 8.00. The van der Waals surface area contributed by atoms with Gasteiger partial charge in [0.2, 0.25) is 0 Å². The van der Waals surface area contributed by atoms with E-state index in [1.165, 1.54) is 11.3 Å². The zero-order valence-corrected chi connectivity index (χ0v) is 25.7. The highest BCUT2D eigenvalue weighted by Crippen LogP contribution is 2.41. The lowest BCUT2D eigenvalue weighted by molar-refractivity contribution is -0.156. The summed E-state index contributed by atoms with van der Waals surface area (Å²) in [5, 5.41) is 4.21. The lowest BCUT2D eigenvalue weighted by Crippen LogP contribution is -2.37. The van der Waals surface area contributed by atoms with Crippen LogP contribution < -0.4 is 5.32 Å². The van der Waals surface area contributed by atoms with E-state index in [1.807, 2.05) is 32.9 Å². The number of anilines is 1. The van der Waals surface area contributed by atoms with Gasteiger partial charge >= 0.3 is 12.1 Å². The van der Waals surface area contributed by atoms with Crippen LogP contribution in [0.1, 0.15) is 89.6 Å². The second kappa shape index (κ2) is 11.2. The number of fused-ring (bicyclic) bond motifs is 2. The molecule has 1 N–H and O–H groups in total. The van der Waals surface area contributed by atoms with E-state index in [-0.39, 0.29) is 47.8 Å². The van der Waals surface area contributed by atoms with Gasteiger partial charge in [-0.15, -0.1) is 11.3 Å². The molecule has 3 aromatic rings. The van der Waals surface area contributed by atoms with Crippen molar-refractivity contribution in [1.29, 1.82) is 0 Å². The molecule has 0 bridgehead atoms. The number of thiophene rings is 1. The standard InChI is InChI=1S/C31H37FN4O5S/c1-30(2,3)40-23(37)14-17-9-7-8-10-20(17)34-27-25(32)19-16-36(29(39)41-31(4,5)6)28(38)24(19)26(35-27)21-13-18-11-12-33-15-22(18)42-21/h11-13,15,17,20H,7-10,14,16H2,1-6H3,(H,34,35)/t17-,20-/m1/s1. The second-order valence-corrected chi connectivity index (χ2v) is 14.0. The quantitative estimate of drug-likeness (QED) is 0.311. The molecule has 0 spiro atoms. The highest BCUT2D eigenvalue weighted by Gasteiger charge is 2.41. The summed E-state index contributed by atoms with van der Waals surface area (Å²) in [6, 6.07) is 3.53. The number of pyridine rings is 2. The first-order valence-electron chi connectivity index (χ1n) is 14.3. The zero-order valence-electron chi connectivity index (χ0n) is 24.9. The average Bonchev–Trinajstić information content (AvgIpc) is 3.46. The zero-order chi connectivity index (χ0) is 30.4. The van der Waals surface area contributed by atoms with Gasteiger partial charge in [-0.2, -0.15) is 0 Å². The smallest absolute Gasteiger partial charge is 0.417 e. The molecule has 42 heavy (non-hydrogen) atoms. The van der Waals surface area contributed by atoms with Crippen LogP contribution in [0.5, 0.6) is 0 Å². The fourth-order valence-corrected chi connectivity index (χ4v) is 6.54. The SMILES string of the molecule is CC(C)(C)OC(=O)C[C@H]1CCCC[C@H]1Nc1nc(-c2cc3ccncc3s2)c2c(c1F)CN(C(=O)OC(C)(C)C)C2=O. The Morgan fingerprint density at radius 3 is 2.52 bits per heavy atom. The summed E-state index contributed by atoms with van der Waals surface area (Å²) in [6.45, 7) is 10.3. The van der Waals surface area contributed by atoms with Crippen molar-refractivity contribution in [3.05, 3.63) is 41.5 Å². The largest absolute Gasteiger partial charge is 0.460 e. The summed E-state index contributed by atoms with van der Waals surface area (Å²) in [5.41, 5.74) is -0.985. The van der Waals surface area contributed by atoms with Gasteiger partial charge in [0.15, 0.2) is 11.6 Å². The Labute approximate surface area is 248 Å². The molecular weight excluding hydrogens is 559 g/mol. The lowest BCUT2D eigenvalue weighted by atomic mass is 9.82. The number of aromatic nitrogens is 2. The number of carbonyl (C=O) groups excluding carboxylic acids is 3. The van der Waals surface area contributed by atoms with Gasteiger partial charge in [0.25, 0.3) is 5.91 Å². The maximum atomic E-state index is 16.2. The Hall–Kier alpha value is -3.60. The van der Waals surface area contributed by atoms with Gasteiger partial charge in [-0.25, -0.2) is 19.1 Å². The Balaban J connectivity index is 1.53. The van der Waals surface area contributed by atoms with Gasteiger partial charge in [-0.3, -0.25) is 14.6 Å². The van der Waals surface area contributed by atoms with Crippen molar-refractivity contribution in [1.82, 2.24) is 14.9 Å². The van der Waals surface area contributed by atoms with E-state index in [4.69, 9.17) is 9.47 Å². The van der Waals surface area contributed by atoms with Crippen molar-refractivity contribution >= 4 is 45.2 Å². The molecule has 1 aliphatic carbocycles. The van der Waals surface area contributed by atoms with Gasteiger partial charge in [-0.05, 0) is 77.8 Å². The van der Waals surface area contributed by atoms with E-state index in [1.54, 1.807) is 33.2 Å². The Morgan fingerprint density at radius 2 is 1.83 bits per heavy atom. The van der Waals surface area contributed by atoms with Crippen molar-refractivity contribution < 1.29 is 28.2 Å². The first-order chi connectivity index (χ1) is 19.7. The normalized spacial score (nSPS) is 19.1. The van der Waals surface area contributed by atoms with Crippen molar-refractivity contribution in [2.75, 3.05) is 5.32 Å². The highest BCUT2D eigenvalue weighted by atomic mass is 32.1. The third kappa shape index (κ3) is 6.40. The molecule has 2 aliphatic rings. The number of rotatable bonds is 5. The number of hydrogen-bond donors (Lipinski definition) is 1. The second-order valence-electron chi connectivity index (χ2n) is 13.0. The van der Waals surface area contributed by atoms with E-state index in [2.05, 4.69) is 15.3 Å². The van der Waals surface area contributed by atoms with Gasteiger partial charge in [0.1, 0.15) is 11.2 Å². The molecule has 1 saturated carbocycles. The fraction of sp³-hybridized carbons (Fsp3) is 0.516. The van der Waals surface area contributed by atoms with Crippen molar-refractivity contribution in [3.8, 4) is 10.6 Å². The summed E-state index contributed by atoms with van der Waals surface area (Å²) < 4.78 is 28.1. The summed E-state index contributed by atoms with van der Waals surface area (Å²) >= 11 is 1.39. The van der Waals surface area contributed by atoms with Gasteiger partial charge < -0.3 is 14.8 Å². The lowest BCUT2D eigenvalue weighted by Gasteiger charge is -2.33. The van der Waals surface area contributed by atoms with Crippen molar-refractivity contribution in [2.45, 2.75) is 97.4 Å². The van der Waals surface area contributed by atoms with Crippen molar-refractivity contribution in [3.63, 3.8) is 0 Å². The molecule has 11 heteroatoms. The minimum absolute atomic E-state index is 0.000686. The minimum atomic E-state index is -0.839. The third-order valence-corrected chi connectivity index (χ3v) is 8.35. The van der Waals surface area contributed by atoms with Crippen LogP contribution in [0.25, 0.3) is 20.7 Å². The number of halogens is 1. The van der Waals surface area contributed by atoms with Crippen LogP contribution in [-0.4, -0.2) is 50.1 Å². The number of carbonyl (C=O) groups is 3. The first kappa shape index (κ1) is 29.9. The molecule has 0 unspecified atom stereocenters. The predicted molar refractivity (Wildman–Crippen MR) is 159 cm³/mol. The predicted octanol–water partition coefficient (Wildman–Crippen LogP) is 7.09. The van der Waals surface area contributed by atoms with Crippen LogP contribution in [0.4, 0.5) is 15.0 Å². The molecule has 1 fully saturated rings. The summed E-state index contributed by atoms with van der Waals surface area (Å²) in [6.07, 6.45) is 6.20. The summed E-state index contributed by atoms with van der Waals surface area (Å²) in [4.78, 5) is 49.7. The van der Waals surface area contributed by atoms with Crippen LogP contribution in [0.15, 0.2) is 24.5 Å². The molecule has 9 nitrogen and oxygen atoms in total. The molecule has 0 radical (unpaired) electrons. The number of nitrogens with one attached hydrogen (secondary N) is 1. The number of amides is 2. The average molecular weight is 597 g/mol. The summed E-state index contributed by atoms with van der Waals surface area (Å²) in [5.74, 6) is -1.69. The number of hydrogen-bond acceptors (Lipinski definition) is 9. The van der Waals surface area contributed by atoms with E-state index < -0.39 is 29.0 Å². The molecule has 0 saturated heterocycles. The van der Waals surface area contributed by atoms with Crippen LogP contribution in [0, 0.1) is 11.7 Å². The third-order valence-electron chi connectivity index (χ3n) is 7.26. The van der Waals surface area contributed by atoms with E-state index in [9.17, 15) is 14.4 Å².